The molecule has 3 aliphatic carbocycles. The van der Waals surface area contributed by atoms with Gasteiger partial charge in [-0.1, -0.05) is 86.3 Å². The smallest absolute Gasteiger partial charge is 0.321 e. The van der Waals surface area contributed by atoms with Gasteiger partial charge in [0.25, 0.3) is 0 Å². The summed E-state index contributed by atoms with van der Waals surface area (Å²) in [5, 5.41) is 21.7. The molecule has 4 aliphatic rings. The topological polar surface area (TPSA) is 119 Å². The Bertz CT molecular complexity index is 1220. The molecule has 0 radical (unpaired) electrons. The van der Waals surface area contributed by atoms with Crippen LogP contribution in [-0.2, 0) is 20.4 Å². The van der Waals surface area contributed by atoms with E-state index in [2.05, 4.69) is 35.7 Å². The third kappa shape index (κ3) is 5.04. The number of carbonyl (C=O) groups is 2. The molecule has 0 aromatic heterocycles. The minimum atomic E-state index is -0.752. The van der Waals surface area contributed by atoms with Crippen molar-refractivity contribution in [3.8, 4) is 6.07 Å². The predicted octanol–water partition coefficient (Wildman–Crippen LogP) is 4.51. The van der Waals surface area contributed by atoms with Gasteiger partial charge in [-0.05, 0) is 62.6 Å². The zero-order chi connectivity index (χ0) is 28.3. The largest absolute Gasteiger partial charge is 0.480 e. The van der Waals surface area contributed by atoms with Crippen molar-refractivity contribution in [1.29, 1.82) is 5.26 Å². The van der Waals surface area contributed by atoms with E-state index in [0.29, 0.717) is 5.92 Å². The Kier molecular flexibility index (Phi) is 8.30. The van der Waals surface area contributed by atoms with E-state index < -0.39 is 18.1 Å². The zero-order valence-electron chi connectivity index (χ0n) is 23.5. The van der Waals surface area contributed by atoms with Crippen LogP contribution in [0.3, 0.4) is 0 Å². The Morgan fingerprint density at radius 3 is 1.90 bits per heavy atom. The molecule has 4 unspecified atom stereocenters. The molecule has 0 spiro atoms. The predicted molar refractivity (Wildman–Crippen MR) is 154 cm³/mol. The maximum atomic E-state index is 13.2. The van der Waals surface area contributed by atoms with Crippen LogP contribution in [0.4, 0.5) is 0 Å². The van der Waals surface area contributed by atoms with E-state index in [0.717, 1.165) is 69.8 Å². The molecule has 4 N–H and O–H groups in total. The molecule has 7 heteroatoms. The Morgan fingerprint density at radius 2 is 1.43 bits per heavy atom. The Labute approximate surface area is 237 Å². The molecule has 0 bridgehead atoms. The number of nitrogens with zero attached hydrogens (tertiary/aromatic N) is 2. The summed E-state index contributed by atoms with van der Waals surface area (Å²) in [6.07, 6.45) is 10.2. The first kappa shape index (κ1) is 28.3. The number of likely N-dealkylation sites (tertiary alicyclic amines) is 1. The van der Waals surface area contributed by atoms with Crippen molar-refractivity contribution in [2.45, 2.75) is 99.2 Å². The van der Waals surface area contributed by atoms with Crippen molar-refractivity contribution < 1.29 is 14.7 Å². The van der Waals surface area contributed by atoms with E-state index in [1.807, 2.05) is 41.3 Å². The lowest BCUT2D eigenvalue weighted by molar-refractivity contribution is -0.141. The zero-order valence-corrected chi connectivity index (χ0v) is 23.5. The highest BCUT2D eigenvalue weighted by Gasteiger charge is 2.57. The third-order valence-corrected chi connectivity index (χ3v) is 10.1. The first-order valence-corrected chi connectivity index (χ1v) is 14.9. The number of nitrogens with one attached hydrogen (secondary N) is 1. The number of aliphatic carboxylic acids is 1. The number of nitrogens with two attached hydrogens (primary N) is 1. The fourth-order valence-electron chi connectivity index (χ4n) is 8.00. The van der Waals surface area contributed by atoms with E-state index in [1.165, 1.54) is 5.56 Å². The normalized spacial score (nSPS) is 27.0. The number of fused-ring (bicyclic) bond motifs is 1. The number of piperidine rings is 1. The molecule has 40 heavy (non-hydrogen) atoms. The average molecular weight is 543 g/mol. The van der Waals surface area contributed by atoms with Gasteiger partial charge in [0.2, 0.25) is 5.91 Å². The van der Waals surface area contributed by atoms with Crippen molar-refractivity contribution in [2.24, 2.45) is 11.7 Å². The number of benzene rings is 2. The van der Waals surface area contributed by atoms with Crippen LogP contribution in [0.2, 0.25) is 0 Å². The summed E-state index contributed by atoms with van der Waals surface area (Å²) in [7, 11) is 1.74. The minimum Gasteiger partial charge on any atom is -0.480 e. The monoisotopic (exact) mass is 542 g/mol. The van der Waals surface area contributed by atoms with E-state index >= 15 is 0 Å². The van der Waals surface area contributed by atoms with Gasteiger partial charge < -0.3 is 21.1 Å². The van der Waals surface area contributed by atoms with Crippen LogP contribution < -0.4 is 11.1 Å². The summed E-state index contributed by atoms with van der Waals surface area (Å²) < 4.78 is 0. The first-order chi connectivity index (χ1) is 19.4. The summed E-state index contributed by atoms with van der Waals surface area (Å²) >= 11 is 0. The van der Waals surface area contributed by atoms with Gasteiger partial charge in [-0.25, -0.2) is 0 Å². The van der Waals surface area contributed by atoms with Gasteiger partial charge in [0.15, 0.2) is 0 Å². The van der Waals surface area contributed by atoms with Crippen molar-refractivity contribution in [2.75, 3.05) is 7.05 Å². The standard InChI is InChI=1S/C19H23N3O.C14H19NO2/c20-12-15-10-13-11-16(13)22(15)18(23)17(21)19(8-4-5-9-19)14-6-2-1-3-7-14;1-15-12(13(16)17)14(9-5-6-10-14)11-7-3-2-4-8-11/h1-3,6-7,13,15-17H,4-5,8-11,21H2;2-4,7-8,12,15H,5-6,9-10H2,1H3,(H,16,17)/t13?,15?,16?,17-;/m1./s1. The van der Waals surface area contributed by atoms with Gasteiger partial charge in [0.05, 0.1) is 12.1 Å². The minimum absolute atomic E-state index is 0.00713. The van der Waals surface area contributed by atoms with Gasteiger partial charge >= 0.3 is 5.97 Å². The molecule has 2 aromatic rings. The second-order valence-corrected chi connectivity index (χ2v) is 12.2. The van der Waals surface area contributed by atoms with Crippen LogP contribution in [0.15, 0.2) is 60.7 Å². The summed E-state index contributed by atoms with van der Waals surface area (Å²) in [4.78, 5) is 26.4. The van der Waals surface area contributed by atoms with Crippen LogP contribution in [0, 0.1) is 17.2 Å². The number of carboxylic acids is 1. The summed E-state index contributed by atoms with van der Waals surface area (Å²) in [5.41, 5.74) is 8.40. The number of likely N-dealkylation sites (N-methyl/N-ethyl adjacent to an activating group) is 1. The maximum Gasteiger partial charge on any atom is 0.321 e. The average Bonchev–Trinajstić information content (AvgIpc) is 3.38. The molecule has 7 nitrogen and oxygen atoms in total. The maximum absolute atomic E-state index is 13.2. The molecular weight excluding hydrogens is 500 g/mol. The van der Waals surface area contributed by atoms with Crippen LogP contribution in [0.5, 0.6) is 0 Å². The lowest BCUT2D eigenvalue weighted by atomic mass is 9.72. The molecule has 1 aliphatic heterocycles. The van der Waals surface area contributed by atoms with E-state index in [1.54, 1.807) is 7.05 Å². The fraction of sp³-hybridized carbons (Fsp3) is 0.545. The second kappa shape index (κ2) is 11.7. The highest BCUT2D eigenvalue weighted by Crippen LogP contribution is 2.50. The molecule has 3 saturated carbocycles. The SMILES string of the molecule is CNC(C(=O)O)C1(c2ccccc2)CCCC1.N#CC1CC2CC2N1C(=O)[C@@H](N)C1(c2ccccc2)CCCC1. The van der Waals surface area contributed by atoms with Crippen LogP contribution in [0.1, 0.15) is 75.3 Å². The number of hydrogen-bond acceptors (Lipinski definition) is 5. The lowest BCUT2D eigenvalue weighted by Gasteiger charge is -2.38. The second-order valence-electron chi connectivity index (χ2n) is 12.2. The first-order valence-electron chi connectivity index (χ1n) is 14.9. The van der Waals surface area contributed by atoms with Crippen LogP contribution in [0.25, 0.3) is 0 Å². The molecule has 1 heterocycles. The van der Waals surface area contributed by atoms with Crippen molar-refractivity contribution in [3.05, 3.63) is 71.8 Å². The molecule has 4 fully saturated rings. The van der Waals surface area contributed by atoms with E-state index in [-0.39, 0.29) is 28.8 Å². The number of carboxylic acid groups (broad SMARTS) is 1. The molecule has 1 saturated heterocycles. The Morgan fingerprint density at radius 1 is 0.925 bits per heavy atom. The Balaban J connectivity index is 0.000000170. The highest BCUT2D eigenvalue weighted by atomic mass is 16.4. The van der Waals surface area contributed by atoms with E-state index in [9.17, 15) is 20.0 Å². The molecule has 2 aromatic carbocycles. The lowest BCUT2D eigenvalue weighted by Crippen LogP contribution is -2.56. The van der Waals surface area contributed by atoms with Crippen molar-refractivity contribution in [1.82, 2.24) is 10.2 Å². The number of carbonyl (C=O) groups excluding carboxylic acids is 1. The summed E-state index contributed by atoms with van der Waals surface area (Å²) in [6.45, 7) is 0. The number of amides is 1. The van der Waals surface area contributed by atoms with Crippen LogP contribution in [-0.4, -0.2) is 53.1 Å². The fourth-order valence-corrected chi connectivity index (χ4v) is 8.00. The quantitative estimate of drug-likeness (QED) is 0.474. The number of rotatable bonds is 7. The van der Waals surface area contributed by atoms with Gasteiger partial charge in [-0.15, -0.1) is 0 Å². The Hall–Kier alpha value is -3.21. The third-order valence-electron chi connectivity index (χ3n) is 10.1. The molecular formula is C33H42N4O3. The van der Waals surface area contributed by atoms with Crippen molar-refractivity contribution in [3.63, 3.8) is 0 Å². The van der Waals surface area contributed by atoms with Gasteiger partial charge in [0.1, 0.15) is 12.1 Å². The summed E-state index contributed by atoms with van der Waals surface area (Å²) in [5.74, 6) is -0.224. The van der Waals surface area contributed by atoms with Crippen LogP contribution >= 0.6 is 0 Å². The molecule has 5 atom stereocenters. The number of hydrogen-bond donors (Lipinski definition) is 3. The van der Waals surface area contributed by atoms with E-state index in [4.69, 9.17) is 5.73 Å². The molecule has 212 valence electrons. The van der Waals surface area contributed by atoms with Gasteiger partial charge in [-0.2, -0.15) is 5.26 Å². The van der Waals surface area contributed by atoms with Gasteiger partial charge in [-0.3, -0.25) is 9.59 Å². The summed E-state index contributed by atoms with van der Waals surface area (Å²) in [6, 6.07) is 21.6. The highest BCUT2D eigenvalue weighted by molar-refractivity contribution is 5.85. The number of nitriles is 1. The van der Waals surface area contributed by atoms with Gasteiger partial charge in [0, 0.05) is 16.9 Å². The van der Waals surface area contributed by atoms with Crippen molar-refractivity contribution >= 4 is 11.9 Å². The molecule has 1 amide bonds. The molecule has 6 rings (SSSR count).